The van der Waals surface area contributed by atoms with Crippen LogP contribution < -0.4 is 9.47 Å². The van der Waals surface area contributed by atoms with Gasteiger partial charge in [0.1, 0.15) is 11.5 Å². The average molecular weight is 318 g/mol. The fourth-order valence-electron chi connectivity index (χ4n) is 2.60. The van der Waals surface area contributed by atoms with Crippen LogP contribution in [0.4, 0.5) is 0 Å². The first-order valence-corrected chi connectivity index (χ1v) is 7.65. The van der Waals surface area contributed by atoms with Gasteiger partial charge in [-0.2, -0.15) is 0 Å². The van der Waals surface area contributed by atoms with Gasteiger partial charge in [0.05, 0.1) is 14.2 Å². The molecule has 0 amide bonds. The Bertz CT molecular complexity index is 837. The van der Waals surface area contributed by atoms with Crippen molar-refractivity contribution in [3.8, 4) is 22.6 Å². The lowest BCUT2D eigenvalue weighted by molar-refractivity contribution is 0.103. The van der Waals surface area contributed by atoms with Crippen LogP contribution in [0.5, 0.6) is 11.5 Å². The van der Waals surface area contributed by atoms with Crippen LogP contribution in [-0.4, -0.2) is 20.0 Å². The van der Waals surface area contributed by atoms with Crippen molar-refractivity contribution in [2.75, 3.05) is 14.2 Å². The molecule has 0 unspecified atom stereocenters. The smallest absolute Gasteiger partial charge is 0.193 e. The van der Waals surface area contributed by atoms with E-state index in [-0.39, 0.29) is 5.78 Å². The predicted molar refractivity (Wildman–Crippen MR) is 94.9 cm³/mol. The van der Waals surface area contributed by atoms with Crippen molar-refractivity contribution < 1.29 is 14.3 Å². The van der Waals surface area contributed by atoms with Gasteiger partial charge in [0.2, 0.25) is 0 Å². The molecule has 3 aromatic carbocycles. The Morgan fingerprint density at radius 3 is 2.08 bits per heavy atom. The van der Waals surface area contributed by atoms with E-state index in [1.807, 2.05) is 66.7 Å². The van der Waals surface area contributed by atoms with Gasteiger partial charge < -0.3 is 9.47 Å². The van der Waals surface area contributed by atoms with Crippen LogP contribution in [0, 0.1) is 0 Å². The molecule has 0 aliphatic carbocycles. The van der Waals surface area contributed by atoms with Gasteiger partial charge in [-0.1, -0.05) is 42.5 Å². The summed E-state index contributed by atoms with van der Waals surface area (Å²) in [6, 6.07) is 22.4. The fourth-order valence-corrected chi connectivity index (χ4v) is 2.60. The molecule has 3 nitrogen and oxygen atoms in total. The topological polar surface area (TPSA) is 35.5 Å². The molecule has 0 radical (unpaired) electrons. The minimum Gasteiger partial charge on any atom is -0.497 e. The zero-order valence-corrected chi connectivity index (χ0v) is 13.7. The lowest BCUT2D eigenvalue weighted by Crippen LogP contribution is -2.02. The second-order valence-electron chi connectivity index (χ2n) is 5.34. The number of methoxy groups -OCH3 is 2. The zero-order chi connectivity index (χ0) is 16.9. The highest BCUT2D eigenvalue weighted by Gasteiger charge is 2.13. The number of hydrogen-bond acceptors (Lipinski definition) is 3. The van der Waals surface area contributed by atoms with Crippen LogP contribution in [0.15, 0.2) is 72.8 Å². The summed E-state index contributed by atoms with van der Waals surface area (Å²) in [4.78, 5) is 12.7. The van der Waals surface area contributed by atoms with Crippen LogP contribution in [0.25, 0.3) is 11.1 Å². The van der Waals surface area contributed by atoms with E-state index >= 15 is 0 Å². The molecule has 120 valence electrons. The molecule has 0 saturated heterocycles. The standard InChI is InChI=1S/C21H18O3/c1-23-18-11-8-15(9-12-18)19-14-17(10-13-20(19)24-2)21(22)16-6-4-3-5-7-16/h3-14H,1-2H3. The van der Waals surface area contributed by atoms with E-state index in [2.05, 4.69) is 0 Å². The minimum atomic E-state index is -0.00647. The molecule has 3 rings (SSSR count). The van der Waals surface area contributed by atoms with Crippen molar-refractivity contribution in [3.05, 3.63) is 83.9 Å². The highest BCUT2D eigenvalue weighted by atomic mass is 16.5. The second-order valence-corrected chi connectivity index (χ2v) is 5.34. The summed E-state index contributed by atoms with van der Waals surface area (Å²) in [5, 5.41) is 0. The molecule has 0 heterocycles. The average Bonchev–Trinajstić information content (AvgIpc) is 2.67. The Morgan fingerprint density at radius 2 is 1.46 bits per heavy atom. The molecule has 24 heavy (non-hydrogen) atoms. The van der Waals surface area contributed by atoms with Gasteiger partial charge in [0, 0.05) is 16.7 Å². The monoisotopic (exact) mass is 318 g/mol. The summed E-state index contributed by atoms with van der Waals surface area (Å²) in [6.45, 7) is 0. The van der Waals surface area contributed by atoms with Crippen LogP contribution in [0.2, 0.25) is 0 Å². The van der Waals surface area contributed by atoms with E-state index in [4.69, 9.17) is 9.47 Å². The SMILES string of the molecule is COc1ccc(-c2cc(C(=O)c3ccccc3)ccc2OC)cc1. The number of rotatable bonds is 5. The molecule has 3 heteroatoms. The Labute approximate surface area is 141 Å². The lowest BCUT2D eigenvalue weighted by Gasteiger charge is -2.11. The number of ether oxygens (including phenoxy) is 2. The van der Waals surface area contributed by atoms with Crippen LogP contribution >= 0.6 is 0 Å². The largest absolute Gasteiger partial charge is 0.497 e. The maximum Gasteiger partial charge on any atom is 0.193 e. The van der Waals surface area contributed by atoms with Crippen molar-refractivity contribution >= 4 is 5.78 Å². The van der Waals surface area contributed by atoms with Crippen molar-refractivity contribution in [2.24, 2.45) is 0 Å². The van der Waals surface area contributed by atoms with Gasteiger partial charge in [-0.3, -0.25) is 4.79 Å². The van der Waals surface area contributed by atoms with E-state index in [0.29, 0.717) is 11.1 Å². The molecule has 0 bridgehead atoms. The van der Waals surface area contributed by atoms with Gasteiger partial charge in [0.25, 0.3) is 0 Å². The van der Waals surface area contributed by atoms with E-state index in [1.54, 1.807) is 20.3 Å². The predicted octanol–water partition coefficient (Wildman–Crippen LogP) is 4.60. The Balaban J connectivity index is 2.03. The Kier molecular flexibility index (Phi) is 4.62. The summed E-state index contributed by atoms with van der Waals surface area (Å²) < 4.78 is 10.7. The summed E-state index contributed by atoms with van der Waals surface area (Å²) in [6.07, 6.45) is 0. The molecule has 0 aliphatic rings. The highest BCUT2D eigenvalue weighted by Crippen LogP contribution is 2.32. The maximum atomic E-state index is 12.7. The van der Waals surface area contributed by atoms with Gasteiger partial charge in [-0.25, -0.2) is 0 Å². The van der Waals surface area contributed by atoms with Gasteiger partial charge in [-0.05, 0) is 35.9 Å². The third-order valence-corrected chi connectivity index (χ3v) is 3.90. The van der Waals surface area contributed by atoms with Crippen LogP contribution in [0.3, 0.4) is 0 Å². The third-order valence-electron chi connectivity index (χ3n) is 3.90. The molecule has 0 aromatic heterocycles. The summed E-state index contributed by atoms with van der Waals surface area (Å²) in [7, 11) is 3.26. The van der Waals surface area contributed by atoms with Crippen LogP contribution in [0.1, 0.15) is 15.9 Å². The number of benzene rings is 3. The van der Waals surface area contributed by atoms with Crippen molar-refractivity contribution in [1.82, 2.24) is 0 Å². The van der Waals surface area contributed by atoms with E-state index in [9.17, 15) is 4.79 Å². The zero-order valence-electron chi connectivity index (χ0n) is 13.7. The molecule has 0 N–H and O–H groups in total. The molecule has 0 spiro atoms. The van der Waals surface area contributed by atoms with Crippen molar-refractivity contribution in [3.63, 3.8) is 0 Å². The van der Waals surface area contributed by atoms with Gasteiger partial charge in [-0.15, -0.1) is 0 Å². The number of ketones is 1. The third kappa shape index (κ3) is 3.15. The molecule has 0 fully saturated rings. The number of carbonyl (C=O) groups is 1. The minimum absolute atomic E-state index is 0.00647. The maximum absolute atomic E-state index is 12.7. The van der Waals surface area contributed by atoms with Crippen molar-refractivity contribution in [2.45, 2.75) is 0 Å². The quantitative estimate of drug-likeness (QED) is 0.645. The van der Waals surface area contributed by atoms with Gasteiger partial charge >= 0.3 is 0 Å². The van der Waals surface area contributed by atoms with E-state index < -0.39 is 0 Å². The van der Waals surface area contributed by atoms with E-state index in [1.165, 1.54) is 0 Å². The molecule has 0 aliphatic heterocycles. The number of hydrogen-bond donors (Lipinski definition) is 0. The molecule has 3 aromatic rings. The molecular formula is C21H18O3. The first-order chi connectivity index (χ1) is 11.7. The lowest BCUT2D eigenvalue weighted by atomic mass is 9.97. The normalized spacial score (nSPS) is 10.2. The van der Waals surface area contributed by atoms with E-state index in [0.717, 1.165) is 22.6 Å². The number of carbonyl (C=O) groups excluding carboxylic acids is 1. The van der Waals surface area contributed by atoms with Gasteiger partial charge in [0.15, 0.2) is 5.78 Å². The second kappa shape index (κ2) is 7.01. The molecular weight excluding hydrogens is 300 g/mol. The van der Waals surface area contributed by atoms with Crippen LogP contribution in [-0.2, 0) is 0 Å². The molecule has 0 atom stereocenters. The first kappa shape index (κ1) is 15.8. The summed E-state index contributed by atoms with van der Waals surface area (Å²) >= 11 is 0. The Hall–Kier alpha value is -3.07. The summed E-state index contributed by atoms with van der Waals surface area (Å²) in [5.41, 5.74) is 3.15. The fraction of sp³-hybridized carbons (Fsp3) is 0.0952. The Morgan fingerprint density at radius 1 is 0.750 bits per heavy atom. The highest BCUT2D eigenvalue weighted by molar-refractivity contribution is 6.09. The van der Waals surface area contributed by atoms with Crippen molar-refractivity contribution in [1.29, 1.82) is 0 Å². The summed E-state index contributed by atoms with van der Waals surface area (Å²) in [5.74, 6) is 1.51. The molecule has 0 saturated carbocycles. The first-order valence-electron chi connectivity index (χ1n) is 7.65.